The lowest BCUT2D eigenvalue weighted by Gasteiger charge is -2.45. The smallest absolute Gasteiger partial charge is 0.302 e. The third-order valence-electron chi connectivity index (χ3n) is 7.94. The number of methoxy groups -OCH3 is 1. The highest BCUT2D eigenvalue weighted by molar-refractivity contribution is 5.93. The molecular formula is C30H34O18. The molecule has 0 unspecified atom stereocenters. The summed E-state index contributed by atoms with van der Waals surface area (Å²) in [6.07, 6.45) is -16.9. The third-order valence-corrected chi connectivity index (χ3v) is 7.94. The van der Waals surface area contributed by atoms with Gasteiger partial charge in [-0.1, -0.05) is 0 Å². The number of ether oxygens (including phenoxy) is 6. The maximum absolute atomic E-state index is 13.6. The Morgan fingerprint density at radius 1 is 0.833 bits per heavy atom. The Bertz CT molecular complexity index is 1720. The first-order chi connectivity index (χ1) is 22.6. The van der Waals surface area contributed by atoms with E-state index in [9.17, 15) is 55.5 Å². The second-order valence-corrected chi connectivity index (χ2v) is 11.2. The van der Waals surface area contributed by atoms with Crippen LogP contribution in [0, 0.1) is 0 Å². The maximum atomic E-state index is 13.6. The number of phenols is 3. The quantitative estimate of drug-likeness (QED) is 0.101. The fourth-order valence-corrected chi connectivity index (χ4v) is 5.29. The van der Waals surface area contributed by atoms with Gasteiger partial charge in [-0.25, -0.2) is 0 Å². The average molecular weight is 683 g/mol. The van der Waals surface area contributed by atoms with Crippen molar-refractivity contribution in [3.05, 3.63) is 34.5 Å². The van der Waals surface area contributed by atoms with Gasteiger partial charge in [-0.2, -0.15) is 0 Å². The molecule has 0 spiro atoms. The first-order valence-electron chi connectivity index (χ1n) is 14.4. The number of rotatable bonds is 8. The minimum Gasteiger partial charge on any atom is -0.504 e. The summed E-state index contributed by atoms with van der Waals surface area (Å²) in [4.78, 5) is 25.0. The molecule has 9 N–H and O–H groups in total. The average Bonchev–Trinajstić information content (AvgIpc) is 3.05. The molecule has 0 radical (unpaired) electrons. The van der Waals surface area contributed by atoms with Crippen LogP contribution in [-0.2, 0) is 23.7 Å². The van der Waals surface area contributed by atoms with Crippen molar-refractivity contribution in [3.8, 4) is 45.8 Å². The molecule has 18 nitrogen and oxygen atoms in total. The number of phenolic OH excluding ortho intramolecular Hbond substituents is 3. The predicted molar refractivity (Wildman–Crippen MR) is 156 cm³/mol. The second-order valence-electron chi connectivity index (χ2n) is 11.2. The maximum Gasteiger partial charge on any atom is 0.302 e. The van der Waals surface area contributed by atoms with Crippen molar-refractivity contribution in [1.29, 1.82) is 0 Å². The van der Waals surface area contributed by atoms with Crippen molar-refractivity contribution >= 4 is 16.9 Å². The summed E-state index contributed by atoms with van der Waals surface area (Å²) in [5.74, 6) is -5.01. The SMILES string of the molecule is COc1cc(-c2oc3c(O)c(O)cc(O[C@@H]4O[C@H](COC(C)=O)[C@@H](O)[C@H](O)[C@H]4O[C@@H]4O[C@@H](C)[C@H](O)[C@@H](O)[C@H]4O)c3c(=O)c2O)ccc1O. The van der Waals surface area contributed by atoms with Crippen molar-refractivity contribution in [2.24, 2.45) is 0 Å². The van der Waals surface area contributed by atoms with E-state index in [1.807, 2.05) is 0 Å². The number of esters is 1. The Labute approximate surface area is 270 Å². The summed E-state index contributed by atoms with van der Waals surface area (Å²) in [7, 11) is 1.26. The largest absolute Gasteiger partial charge is 0.504 e. The number of fused-ring (bicyclic) bond motifs is 1. The van der Waals surface area contributed by atoms with Crippen LogP contribution in [-0.4, -0.2) is 127 Å². The van der Waals surface area contributed by atoms with E-state index >= 15 is 0 Å². The van der Waals surface area contributed by atoms with Gasteiger partial charge in [0.15, 0.2) is 41.0 Å². The Balaban J connectivity index is 1.59. The van der Waals surface area contributed by atoms with E-state index in [1.54, 1.807) is 0 Å². The van der Waals surface area contributed by atoms with Gasteiger partial charge in [-0.3, -0.25) is 9.59 Å². The van der Waals surface area contributed by atoms with Crippen LogP contribution in [0.25, 0.3) is 22.3 Å². The van der Waals surface area contributed by atoms with Crippen LogP contribution in [0.1, 0.15) is 13.8 Å². The molecule has 48 heavy (non-hydrogen) atoms. The van der Waals surface area contributed by atoms with E-state index in [0.717, 1.165) is 13.0 Å². The molecule has 0 saturated carbocycles. The number of aromatic hydroxyl groups is 4. The van der Waals surface area contributed by atoms with Gasteiger partial charge in [-0.05, 0) is 25.1 Å². The number of hydrogen-bond acceptors (Lipinski definition) is 18. The lowest BCUT2D eigenvalue weighted by molar-refractivity contribution is -0.354. The predicted octanol–water partition coefficient (Wildman–Crippen LogP) is -1.11. The van der Waals surface area contributed by atoms with Crippen molar-refractivity contribution < 1.29 is 83.6 Å². The summed E-state index contributed by atoms with van der Waals surface area (Å²) in [5.41, 5.74) is -1.85. The molecule has 10 atom stereocenters. The summed E-state index contributed by atoms with van der Waals surface area (Å²) in [6.45, 7) is 1.84. The molecule has 2 fully saturated rings. The number of benzene rings is 2. The molecule has 1 aromatic heterocycles. The molecule has 18 heteroatoms. The van der Waals surface area contributed by atoms with Crippen molar-refractivity contribution in [1.82, 2.24) is 0 Å². The van der Waals surface area contributed by atoms with Gasteiger partial charge in [0.05, 0.1) is 13.2 Å². The molecule has 3 heterocycles. The standard InChI is InChI=1S/C30H34O18/c1-9-18(34)22(38)25(41)29(44-9)48-28-23(39)20(36)16(8-43-10(2)31)46-30(28)45-15-7-13(33)19(35)27-17(15)21(37)24(40)26(47-27)11-4-5-12(32)14(6-11)42-3/h4-7,9,16,18,20,22-23,25,28-30,32-36,38-41H,8H2,1-3H3/t9-,16+,18-,20+,22+,23-,25+,28+,29-,30+/m0/s1. The monoisotopic (exact) mass is 682 g/mol. The Hall–Kier alpha value is -4.40. The van der Waals surface area contributed by atoms with E-state index in [0.29, 0.717) is 0 Å². The van der Waals surface area contributed by atoms with Crippen LogP contribution < -0.4 is 14.9 Å². The van der Waals surface area contributed by atoms with Gasteiger partial charge in [0, 0.05) is 18.6 Å². The van der Waals surface area contributed by atoms with E-state index in [1.165, 1.54) is 32.2 Å². The molecule has 3 aromatic rings. The molecule has 262 valence electrons. The van der Waals surface area contributed by atoms with Gasteiger partial charge in [0.25, 0.3) is 0 Å². The van der Waals surface area contributed by atoms with Crippen molar-refractivity contribution in [2.45, 2.75) is 75.3 Å². The molecule has 0 bridgehead atoms. The highest BCUT2D eigenvalue weighted by Crippen LogP contribution is 2.44. The summed E-state index contributed by atoms with van der Waals surface area (Å²) >= 11 is 0. The van der Waals surface area contributed by atoms with Gasteiger partial charge in [0.2, 0.25) is 23.2 Å². The highest BCUT2D eigenvalue weighted by atomic mass is 16.8. The number of carbonyl (C=O) groups is 1. The van der Waals surface area contributed by atoms with Gasteiger partial charge < -0.3 is 78.8 Å². The molecule has 2 saturated heterocycles. The van der Waals surface area contributed by atoms with Gasteiger partial charge in [-0.15, -0.1) is 0 Å². The van der Waals surface area contributed by atoms with Crippen LogP contribution >= 0.6 is 0 Å². The Morgan fingerprint density at radius 3 is 2.21 bits per heavy atom. The number of aliphatic hydroxyl groups is 5. The summed E-state index contributed by atoms with van der Waals surface area (Å²) in [5, 5.41) is 94.2. The number of hydrogen-bond donors (Lipinski definition) is 9. The van der Waals surface area contributed by atoms with Crippen LogP contribution in [0.4, 0.5) is 0 Å². The number of aliphatic hydroxyl groups excluding tert-OH is 5. The first-order valence-corrected chi connectivity index (χ1v) is 14.4. The summed E-state index contributed by atoms with van der Waals surface area (Å²) < 4.78 is 38.4. The van der Waals surface area contributed by atoms with Crippen LogP contribution in [0.5, 0.6) is 34.5 Å². The van der Waals surface area contributed by atoms with Crippen molar-refractivity contribution in [2.75, 3.05) is 13.7 Å². The fourth-order valence-electron chi connectivity index (χ4n) is 5.29. The zero-order valence-corrected chi connectivity index (χ0v) is 25.5. The van der Waals surface area contributed by atoms with Gasteiger partial charge in [0.1, 0.15) is 54.4 Å². The topological polar surface area (TPSA) is 285 Å². The highest BCUT2D eigenvalue weighted by Gasteiger charge is 2.51. The fraction of sp³-hybridized carbons (Fsp3) is 0.467. The van der Waals surface area contributed by atoms with E-state index in [4.69, 9.17) is 32.8 Å². The minimum atomic E-state index is -1.95. The Morgan fingerprint density at radius 2 is 1.54 bits per heavy atom. The van der Waals surface area contributed by atoms with E-state index in [-0.39, 0.29) is 17.1 Å². The first kappa shape index (κ1) is 34.9. The lowest BCUT2D eigenvalue weighted by atomic mass is 9.97. The zero-order valence-electron chi connectivity index (χ0n) is 25.5. The number of carbonyl (C=O) groups excluding carboxylic acids is 1. The second kappa shape index (κ2) is 13.6. The van der Waals surface area contributed by atoms with E-state index in [2.05, 4.69) is 0 Å². The van der Waals surface area contributed by atoms with Crippen LogP contribution in [0.15, 0.2) is 33.5 Å². The molecule has 2 aliphatic rings. The molecule has 2 aliphatic heterocycles. The third kappa shape index (κ3) is 6.39. The van der Waals surface area contributed by atoms with Crippen molar-refractivity contribution in [3.63, 3.8) is 0 Å². The van der Waals surface area contributed by atoms with E-state index < -0.39 is 119 Å². The summed E-state index contributed by atoms with van der Waals surface area (Å²) in [6, 6.07) is 4.44. The van der Waals surface area contributed by atoms with Crippen LogP contribution in [0.2, 0.25) is 0 Å². The van der Waals surface area contributed by atoms with Gasteiger partial charge >= 0.3 is 5.97 Å². The molecule has 0 aliphatic carbocycles. The molecular weight excluding hydrogens is 648 g/mol. The zero-order chi connectivity index (χ0) is 35.2. The Kier molecular flexibility index (Phi) is 9.90. The molecule has 0 amide bonds. The molecule has 5 rings (SSSR count). The normalized spacial score (nSPS) is 30.6. The van der Waals surface area contributed by atoms with Crippen LogP contribution in [0.3, 0.4) is 0 Å². The minimum absolute atomic E-state index is 0.0217. The molecule has 2 aromatic carbocycles. The lowest BCUT2D eigenvalue weighted by Crippen LogP contribution is -2.64.